The zero-order valence-corrected chi connectivity index (χ0v) is 16.1. The lowest BCUT2D eigenvalue weighted by Crippen LogP contribution is -2.38. The average molecular weight is 365 g/mol. The van der Waals surface area contributed by atoms with Gasteiger partial charge in [0.25, 0.3) is 0 Å². The van der Waals surface area contributed by atoms with Crippen LogP contribution in [0.5, 0.6) is 5.75 Å². The Morgan fingerprint density at radius 2 is 2.00 bits per heavy atom. The topological polar surface area (TPSA) is 39.5 Å². The molecule has 0 aliphatic carbocycles. The van der Waals surface area contributed by atoms with Gasteiger partial charge in [0, 0.05) is 68.7 Å². The molecule has 0 saturated carbocycles. The van der Waals surface area contributed by atoms with Crippen LogP contribution in [0.1, 0.15) is 18.5 Å². The summed E-state index contributed by atoms with van der Waals surface area (Å²) in [6.07, 6.45) is 6.33. The molecule has 1 aliphatic rings. The number of nitrogens with zero attached hydrogens (tertiary/aromatic N) is 3. The lowest BCUT2D eigenvalue weighted by atomic mass is 10.1. The van der Waals surface area contributed by atoms with Gasteiger partial charge in [-0.05, 0) is 37.3 Å². The van der Waals surface area contributed by atoms with Gasteiger partial charge in [0.15, 0.2) is 0 Å². The molecule has 0 bridgehead atoms. The molecule has 1 aromatic carbocycles. The SMILES string of the molecule is COCCn1ccc2c(OC3CCN(c4ccnc(C)c4)CC3)cccc21. The molecule has 27 heavy (non-hydrogen) atoms. The van der Waals surface area contributed by atoms with Crippen LogP contribution in [0, 0.1) is 6.92 Å². The first-order chi connectivity index (χ1) is 13.2. The Morgan fingerprint density at radius 1 is 1.15 bits per heavy atom. The number of rotatable bonds is 6. The molecular formula is C22H27N3O2. The van der Waals surface area contributed by atoms with Gasteiger partial charge >= 0.3 is 0 Å². The quantitative estimate of drug-likeness (QED) is 0.661. The summed E-state index contributed by atoms with van der Waals surface area (Å²) in [6.45, 7) is 5.63. The predicted octanol–water partition coefficient (Wildman–Crippen LogP) is 4.04. The first kappa shape index (κ1) is 17.9. The fourth-order valence-corrected chi connectivity index (χ4v) is 3.82. The third-order valence-corrected chi connectivity index (χ3v) is 5.29. The number of methoxy groups -OCH3 is 1. The summed E-state index contributed by atoms with van der Waals surface area (Å²) in [6, 6.07) is 12.7. The second-order valence-corrected chi connectivity index (χ2v) is 7.15. The highest BCUT2D eigenvalue weighted by Crippen LogP contribution is 2.30. The average Bonchev–Trinajstić information content (AvgIpc) is 3.11. The molecule has 0 N–H and O–H groups in total. The van der Waals surface area contributed by atoms with Gasteiger partial charge in [0.1, 0.15) is 11.9 Å². The van der Waals surface area contributed by atoms with Crippen LogP contribution in [0.15, 0.2) is 48.8 Å². The van der Waals surface area contributed by atoms with Crippen LogP contribution in [0.2, 0.25) is 0 Å². The Morgan fingerprint density at radius 3 is 2.78 bits per heavy atom. The molecule has 2 aromatic heterocycles. The van der Waals surface area contributed by atoms with E-state index in [9.17, 15) is 0 Å². The molecule has 142 valence electrons. The van der Waals surface area contributed by atoms with Crippen molar-refractivity contribution in [3.05, 3.63) is 54.5 Å². The van der Waals surface area contributed by atoms with Crippen molar-refractivity contribution in [3.63, 3.8) is 0 Å². The van der Waals surface area contributed by atoms with Gasteiger partial charge in [-0.2, -0.15) is 0 Å². The van der Waals surface area contributed by atoms with E-state index in [4.69, 9.17) is 9.47 Å². The summed E-state index contributed by atoms with van der Waals surface area (Å²) in [4.78, 5) is 6.72. The van der Waals surface area contributed by atoms with Crippen molar-refractivity contribution >= 4 is 16.6 Å². The van der Waals surface area contributed by atoms with E-state index in [1.54, 1.807) is 7.11 Å². The highest BCUT2D eigenvalue weighted by molar-refractivity contribution is 5.86. The van der Waals surface area contributed by atoms with Crippen LogP contribution in [-0.2, 0) is 11.3 Å². The molecule has 4 rings (SSSR count). The molecule has 0 amide bonds. The number of aryl methyl sites for hydroxylation is 1. The minimum Gasteiger partial charge on any atom is -0.490 e. The van der Waals surface area contributed by atoms with Crippen molar-refractivity contribution in [1.82, 2.24) is 9.55 Å². The molecule has 0 unspecified atom stereocenters. The summed E-state index contributed by atoms with van der Waals surface area (Å²) in [7, 11) is 1.74. The zero-order valence-electron chi connectivity index (χ0n) is 16.1. The Hall–Kier alpha value is -2.53. The minimum atomic E-state index is 0.261. The third-order valence-electron chi connectivity index (χ3n) is 5.29. The molecule has 0 radical (unpaired) electrons. The van der Waals surface area contributed by atoms with E-state index in [-0.39, 0.29) is 6.10 Å². The van der Waals surface area contributed by atoms with E-state index in [2.05, 4.69) is 57.0 Å². The minimum absolute atomic E-state index is 0.261. The Bertz CT molecular complexity index is 897. The molecule has 3 aromatic rings. The largest absolute Gasteiger partial charge is 0.490 e. The maximum atomic E-state index is 6.41. The molecular weight excluding hydrogens is 338 g/mol. The third kappa shape index (κ3) is 3.93. The first-order valence-corrected chi connectivity index (χ1v) is 9.65. The number of benzene rings is 1. The van der Waals surface area contributed by atoms with Crippen molar-refractivity contribution in [2.45, 2.75) is 32.4 Å². The van der Waals surface area contributed by atoms with Crippen molar-refractivity contribution in [2.75, 3.05) is 31.7 Å². The molecule has 1 fully saturated rings. The van der Waals surface area contributed by atoms with Gasteiger partial charge in [-0.1, -0.05) is 6.07 Å². The Kier molecular flexibility index (Phi) is 5.30. The number of aromatic nitrogens is 2. The van der Waals surface area contributed by atoms with Crippen molar-refractivity contribution in [3.8, 4) is 5.75 Å². The zero-order chi connectivity index (χ0) is 18.6. The Labute approximate surface area is 160 Å². The summed E-state index contributed by atoms with van der Waals surface area (Å²) >= 11 is 0. The highest BCUT2D eigenvalue weighted by Gasteiger charge is 2.21. The first-order valence-electron chi connectivity index (χ1n) is 9.65. The maximum Gasteiger partial charge on any atom is 0.129 e. The summed E-state index contributed by atoms with van der Waals surface area (Å²) in [5.74, 6) is 0.988. The highest BCUT2D eigenvalue weighted by atomic mass is 16.5. The van der Waals surface area contributed by atoms with E-state index in [0.29, 0.717) is 6.61 Å². The van der Waals surface area contributed by atoms with Gasteiger partial charge in [-0.3, -0.25) is 4.98 Å². The number of piperidine rings is 1. The van der Waals surface area contributed by atoms with Crippen LogP contribution in [0.3, 0.4) is 0 Å². The normalized spacial score (nSPS) is 15.4. The molecule has 0 atom stereocenters. The van der Waals surface area contributed by atoms with E-state index >= 15 is 0 Å². The lowest BCUT2D eigenvalue weighted by Gasteiger charge is -2.34. The molecule has 3 heterocycles. The molecule has 5 heteroatoms. The van der Waals surface area contributed by atoms with E-state index in [1.807, 2.05) is 13.1 Å². The van der Waals surface area contributed by atoms with Gasteiger partial charge in [-0.25, -0.2) is 0 Å². The second-order valence-electron chi connectivity index (χ2n) is 7.15. The molecule has 0 spiro atoms. The van der Waals surface area contributed by atoms with Crippen LogP contribution >= 0.6 is 0 Å². The number of hydrogen-bond acceptors (Lipinski definition) is 4. The Balaban J connectivity index is 1.42. The summed E-state index contributed by atoms with van der Waals surface area (Å²) < 4.78 is 13.8. The standard InChI is InChI=1S/C22H27N3O2/c1-17-16-18(6-10-23-17)24-11-7-19(8-12-24)27-22-5-3-4-21-20(22)9-13-25(21)14-15-26-2/h3-6,9-10,13,16,19H,7-8,11-12,14-15H2,1-2H3. The fourth-order valence-electron chi connectivity index (χ4n) is 3.82. The number of ether oxygens (including phenoxy) is 2. The molecule has 1 aliphatic heterocycles. The van der Waals surface area contributed by atoms with Gasteiger partial charge < -0.3 is 18.9 Å². The van der Waals surface area contributed by atoms with Crippen LogP contribution in [0.4, 0.5) is 5.69 Å². The lowest BCUT2D eigenvalue weighted by molar-refractivity contribution is 0.173. The predicted molar refractivity (Wildman–Crippen MR) is 109 cm³/mol. The van der Waals surface area contributed by atoms with E-state index in [1.165, 1.54) is 16.6 Å². The monoisotopic (exact) mass is 365 g/mol. The van der Waals surface area contributed by atoms with E-state index < -0.39 is 0 Å². The number of pyridine rings is 1. The van der Waals surface area contributed by atoms with Gasteiger partial charge in [-0.15, -0.1) is 0 Å². The number of anilines is 1. The van der Waals surface area contributed by atoms with Gasteiger partial charge in [0.05, 0.1) is 12.1 Å². The smallest absolute Gasteiger partial charge is 0.129 e. The van der Waals surface area contributed by atoms with Crippen molar-refractivity contribution < 1.29 is 9.47 Å². The fraction of sp³-hybridized carbons (Fsp3) is 0.409. The van der Waals surface area contributed by atoms with Crippen molar-refractivity contribution in [2.24, 2.45) is 0 Å². The molecule has 5 nitrogen and oxygen atoms in total. The van der Waals surface area contributed by atoms with Crippen LogP contribution in [0.25, 0.3) is 10.9 Å². The summed E-state index contributed by atoms with van der Waals surface area (Å²) in [5.41, 5.74) is 3.53. The second kappa shape index (κ2) is 8.01. The van der Waals surface area contributed by atoms with Gasteiger partial charge in [0.2, 0.25) is 0 Å². The molecule has 1 saturated heterocycles. The number of hydrogen-bond donors (Lipinski definition) is 0. The van der Waals surface area contributed by atoms with E-state index in [0.717, 1.165) is 43.9 Å². The maximum absolute atomic E-state index is 6.41. The number of fused-ring (bicyclic) bond motifs is 1. The van der Waals surface area contributed by atoms with Crippen LogP contribution < -0.4 is 9.64 Å². The summed E-state index contributed by atoms with van der Waals surface area (Å²) in [5, 5.41) is 1.18. The van der Waals surface area contributed by atoms with Crippen LogP contribution in [-0.4, -0.2) is 42.5 Å². The van der Waals surface area contributed by atoms with Crippen molar-refractivity contribution in [1.29, 1.82) is 0 Å².